The van der Waals surface area contributed by atoms with Crippen LogP contribution in [0.3, 0.4) is 0 Å². The summed E-state index contributed by atoms with van der Waals surface area (Å²) in [5, 5.41) is 20.0. The van der Waals surface area contributed by atoms with Gasteiger partial charge in [0.25, 0.3) is 5.56 Å². The van der Waals surface area contributed by atoms with Gasteiger partial charge < -0.3 is 19.5 Å². The average molecular weight is 284 g/mol. The Balaban J connectivity index is 2.37. The van der Waals surface area contributed by atoms with E-state index in [1.54, 1.807) is 6.92 Å². The molecule has 1 aliphatic rings. The minimum atomic E-state index is -1.17. The highest BCUT2D eigenvalue weighted by Crippen LogP contribution is 2.33. The van der Waals surface area contributed by atoms with Gasteiger partial charge in [-0.2, -0.15) is 0 Å². The Hall–Kier alpha value is -1.44. The summed E-state index contributed by atoms with van der Waals surface area (Å²) in [7, 11) is 0. The van der Waals surface area contributed by atoms with Gasteiger partial charge in [0.15, 0.2) is 0 Å². The largest absolute Gasteiger partial charge is 0.388 e. The van der Waals surface area contributed by atoms with Crippen LogP contribution in [0.2, 0.25) is 0 Å². The fraction of sp³-hybridized carbons (Fsp3) is 0.692. The third kappa shape index (κ3) is 2.56. The summed E-state index contributed by atoms with van der Waals surface area (Å²) in [6, 6.07) is 0. The minimum Gasteiger partial charge on any atom is -0.388 e. The molecular weight excluding hydrogens is 264 g/mol. The van der Waals surface area contributed by atoms with E-state index in [0.29, 0.717) is 13.0 Å². The van der Waals surface area contributed by atoms with E-state index in [9.17, 15) is 19.8 Å². The Morgan fingerprint density at radius 1 is 1.30 bits per heavy atom. The molecule has 1 aliphatic heterocycles. The van der Waals surface area contributed by atoms with Crippen molar-refractivity contribution in [2.45, 2.75) is 57.6 Å². The molecule has 7 heteroatoms. The number of aromatic amines is 1. The molecule has 1 aromatic rings. The van der Waals surface area contributed by atoms with Crippen molar-refractivity contribution in [3.05, 3.63) is 32.6 Å². The van der Waals surface area contributed by atoms with Crippen LogP contribution in [0.15, 0.2) is 15.8 Å². The van der Waals surface area contributed by atoms with E-state index < -0.39 is 35.7 Å². The topological polar surface area (TPSA) is 105 Å². The van der Waals surface area contributed by atoms with E-state index in [-0.39, 0.29) is 5.56 Å². The zero-order valence-corrected chi connectivity index (χ0v) is 11.6. The lowest BCUT2D eigenvalue weighted by atomic mass is 10.0. The Kier molecular flexibility index (Phi) is 4.42. The van der Waals surface area contributed by atoms with Crippen molar-refractivity contribution in [1.82, 2.24) is 9.55 Å². The van der Waals surface area contributed by atoms with Gasteiger partial charge in [0, 0.05) is 12.7 Å². The van der Waals surface area contributed by atoms with Crippen LogP contribution >= 0.6 is 0 Å². The van der Waals surface area contributed by atoms with E-state index >= 15 is 0 Å². The Bertz CT molecular complexity index is 579. The number of aliphatic hydroxyl groups is 2. The van der Waals surface area contributed by atoms with Gasteiger partial charge in [-0.05, 0) is 13.3 Å². The molecule has 4 atom stereocenters. The predicted octanol–water partition coefficient (Wildman–Crippen LogP) is -0.482. The summed E-state index contributed by atoms with van der Waals surface area (Å²) in [5.41, 5.74) is -0.927. The molecule has 7 nitrogen and oxygen atoms in total. The molecule has 2 rings (SSSR count). The second kappa shape index (κ2) is 5.90. The molecule has 1 aromatic heterocycles. The summed E-state index contributed by atoms with van der Waals surface area (Å²) in [5.74, 6) is 0. The van der Waals surface area contributed by atoms with E-state index in [2.05, 4.69) is 4.98 Å². The molecule has 0 aromatic carbocycles. The number of aryl methyl sites for hydroxylation is 1. The Labute approximate surface area is 115 Å². The zero-order valence-electron chi connectivity index (χ0n) is 11.6. The lowest BCUT2D eigenvalue weighted by Gasteiger charge is -2.15. The molecule has 2 heterocycles. The third-order valence-corrected chi connectivity index (χ3v) is 3.62. The number of aromatic nitrogens is 2. The Morgan fingerprint density at radius 3 is 2.60 bits per heavy atom. The van der Waals surface area contributed by atoms with Crippen molar-refractivity contribution < 1.29 is 14.9 Å². The number of hydrogen-bond acceptors (Lipinski definition) is 5. The van der Waals surface area contributed by atoms with E-state index in [4.69, 9.17) is 4.74 Å². The summed E-state index contributed by atoms with van der Waals surface area (Å²) in [6.07, 6.45) is -0.829. The van der Waals surface area contributed by atoms with Crippen LogP contribution in [0, 0.1) is 0 Å². The zero-order chi connectivity index (χ0) is 14.9. The molecule has 0 unspecified atom stereocenters. The predicted molar refractivity (Wildman–Crippen MR) is 71.5 cm³/mol. The number of aliphatic hydroxyl groups excluding tert-OH is 2. The van der Waals surface area contributed by atoms with Crippen molar-refractivity contribution >= 4 is 0 Å². The highest BCUT2D eigenvalue weighted by Gasteiger charge is 2.43. The summed E-state index contributed by atoms with van der Waals surface area (Å²) < 4.78 is 6.92. The van der Waals surface area contributed by atoms with Crippen LogP contribution in [-0.2, 0) is 11.3 Å². The normalized spacial score (nSPS) is 29.8. The third-order valence-electron chi connectivity index (χ3n) is 3.62. The van der Waals surface area contributed by atoms with E-state index in [0.717, 1.165) is 6.42 Å². The highest BCUT2D eigenvalue weighted by molar-refractivity contribution is 5.14. The van der Waals surface area contributed by atoms with Crippen LogP contribution in [-0.4, -0.2) is 38.1 Å². The molecule has 3 N–H and O–H groups in total. The average Bonchev–Trinajstić information content (AvgIpc) is 2.68. The molecule has 0 aliphatic carbocycles. The first kappa shape index (κ1) is 15.0. The monoisotopic (exact) mass is 284 g/mol. The number of nitrogens with zero attached hydrogens (tertiary/aromatic N) is 1. The first-order valence-corrected chi connectivity index (χ1v) is 6.84. The van der Waals surface area contributed by atoms with Gasteiger partial charge in [0.05, 0.1) is 11.7 Å². The molecule has 20 heavy (non-hydrogen) atoms. The molecule has 0 spiro atoms. The number of H-pyrrole nitrogens is 1. The van der Waals surface area contributed by atoms with Gasteiger partial charge in [-0.1, -0.05) is 13.3 Å². The van der Waals surface area contributed by atoms with Gasteiger partial charge >= 0.3 is 5.69 Å². The van der Waals surface area contributed by atoms with Gasteiger partial charge in [0.2, 0.25) is 0 Å². The maximum atomic E-state index is 11.9. The molecule has 0 radical (unpaired) electrons. The first-order valence-electron chi connectivity index (χ1n) is 6.84. The molecule has 0 saturated carbocycles. The van der Waals surface area contributed by atoms with Crippen molar-refractivity contribution in [2.75, 3.05) is 0 Å². The molecule has 1 saturated heterocycles. The number of ether oxygens (including phenoxy) is 1. The molecule has 0 amide bonds. The fourth-order valence-electron chi connectivity index (χ4n) is 2.49. The molecule has 1 fully saturated rings. The molecule has 0 bridgehead atoms. The molecule has 112 valence electrons. The number of rotatable bonds is 4. The van der Waals surface area contributed by atoms with Crippen molar-refractivity contribution in [1.29, 1.82) is 0 Å². The van der Waals surface area contributed by atoms with E-state index in [1.165, 1.54) is 10.8 Å². The fourth-order valence-corrected chi connectivity index (χ4v) is 2.49. The smallest absolute Gasteiger partial charge is 0.328 e. The first-order chi connectivity index (χ1) is 9.49. The van der Waals surface area contributed by atoms with Crippen LogP contribution in [0.4, 0.5) is 0 Å². The number of nitrogens with one attached hydrogen (secondary N) is 1. The summed E-state index contributed by atoms with van der Waals surface area (Å²) in [6.45, 7) is 4.11. The van der Waals surface area contributed by atoms with Gasteiger partial charge in [0.1, 0.15) is 18.3 Å². The van der Waals surface area contributed by atoms with Gasteiger partial charge in [-0.15, -0.1) is 0 Å². The quantitative estimate of drug-likeness (QED) is 0.692. The maximum Gasteiger partial charge on any atom is 0.328 e. The standard InChI is InChI=1S/C13H20N2O5/c1-3-5-8-9(16)10(17)11(20-8)7-6-15(4-2)13(19)14-12(7)18/h6,8-11,16-17H,3-5H2,1-2H3,(H,14,18,19)/t8-,9-,10-,11+/m1/s1. The van der Waals surface area contributed by atoms with Crippen molar-refractivity contribution in [3.63, 3.8) is 0 Å². The SMILES string of the molecule is CCC[C@H]1O[C@@H](c2cn(CC)c(=O)[nH]c2=O)[C@H](O)[C@@H]1O. The lowest BCUT2D eigenvalue weighted by molar-refractivity contribution is 0.00178. The lowest BCUT2D eigenvalue weighted by Crippen LogP contribution is -2.35. The summed E-state index contributed by atoms with van der Waals surface area (Å²) >= 11 is 0. The second-order valence-corrected chi connectivity index (χ2v) is 4.99. The van der Waals surface area contributed by atoms with Crippen LogP contribution in [0.1, 0.15) is 38.4 Å². The van der Waals surface area contributed by atoms with Gasteiger partial charge in [-0.3, -0.25) is 9.78 Å². The van der Waals surface area contributed by atoms with Crippen molar-refractivity contribution in [2.24, 2.45) is 0 Å². The number of hydrogen-bond donors (Lipinski definition) is 3. The maximum absolute atomic E-state index is 11.9. The highest BCUT2D eigenvalue weighted by atomic mass is 16.5. The van der Waals surface area contributed by atoms with Crippen molar-refractivity contribution in [3.8, 4) is 0 Å². The minimum absolute atomic E-state index is 0.164. The van der Waals surface area contributed by atoms with Crippen LogP contribution in [0.5, 0.6) is 0 Å². The second-order valence-electron chi connectivity index (χ2n) is 4.99. The van der Waals surface area contributed by atoms with Crippen LogP contribution in [0.25, 0.3) is 0 Å². The van der Waals surface area contributed by atoms with E-state index in [1.807, 2.05) is 6.92 Å². The summed E-state index contributed by atoms with van der Waals surface area (Å²) in [4.78, 5) is 25.6. The van der Waals surface area contributed by atoms with Crippen LogP contribution < -0.4 is 11.2 Å². The Morgan fingerprint density at radius 2 is 2.00 bits per heavy atom. The molecular formula is C13H20N2O5. The van der Waals surface area contributed by atoms with Gasteiger partial charge in [-0.25, -0.2) is 4.79 Å².